The first-order chi connectivity index (χ1) is 9.43. The zero-order chi connectivity index (χ0) is 15.0. The van der Waals surface area contributed by atoms with E-state index in [0.29, 0.717) is 11.5 Å². The molecule has 0 atom stereocenters. The van der Waals surface area contributed by atoms with Crippen molar-refractivity contribution in [2.75, 3.05) is 0 Å². The second kappa shape index (κ2) is 8.69. The lowest BCUT2D eigenvalue weighted by molar-refractivity contribution is -0.122. The van der Waals surface area contributed by atoms with Gasteiger partial charge < -0.3 is 5.32 Å². The summed E-state index contributed by atoms with van der Waals surface area (Å²) in [6.07, 6.45) is 11.7. The predicted octanol–water partition coefficient (Wildman–Crippen LogP) is 5.07. The molecule has 1 fully saturated rings. The van der Waals surface area contributed by atoms with Crippen LogP contribution >= 0.6 is 0 Å². The molecular formula is C18H35NO. The summed E-state index contributed by atoms with van der Waals surface area (Å²) in [4.78, 5) is 11.9. The van der Waals surface area contributed by atoms with Gasteiger partial charge in [-0.05, 0) is 43.4 Å². The van der Waals surface area contributed by atoms with E-state index in [4.69, 9.17) is 0 Å². The maximum absolute atomic E-state index is 11.9. The molecule has 0 aromatic rings. The lowest BCUT2D eigenvalue weighted by Gasteiger charge is -2.37. The molecule has 0 saturated heterocycles. The van der Waals surface area contributed by atoms with Crippen LogP contribution in [0.15, 0.2) is 0 Å². The smallest absolute Gasteiger partial charge is 0.220 e. The Bertz CT molecular complexity index is 272. The van der Waals surface area contributed by atoms with Gasteiger partial charge in [0, 0.05) is 12.5 Å². The van der Waals surface area contributed by atoms with E-state index in [1.165, 1.54) is 51.4 Å². The van der Waals surface area contributed by atoms with E-state index in [2.05, 4.69) is 33.0 Å². The van der Waals surface area contributed by atoms with Crippen LogP contribution in [-0.2, 0) is 4.79 Å². The highest BCUT2D eigenvalue weighted by Crippen LogP contribution is 2.37. The minimum atomic E-state index is 0.278. The minimum absolute atomic E-state index is 0.278. The second-order valence-electron chi connectivity index (χ2n) is 7.65. The normalized spacial score (nSPS) is 23.6. The van der Waals surface area contributed by atoms with Crippen LogP contribution in [0.1, 0.15) is 91.9 Å². The van der Waals surface area contributed by atoms with Gasteiger partial charge in [0.1, 0.15) is 0 Å². The third-order valence-corrected chi connectivity index (χ3v) is 4.82. The van der Waals surface area contributed by atoms with Crippen LogP contribution < -0.4 is 5.32 Å². The van der Waals surface area contributed by atoms with Gasteiger partial charge in [0.05, 0.1) is 0 Å². The lowest BCUT2D eigenvalue weighted by Crippen LogP contribution is -2.39. The summed E-state index contributed by atoms with van der Waals surface area (Å²) in [5, 5.41) is 3.24. The maximum Gasteiger partial charge on any atom is 0.220 e. The van der Waals surface area contributed by atoms with Crippen LogP contribution in [0.5, 0.6) is 0 Å². The number of rotatable bonds is 7. The molecule has 0 heterocycles. The molecule has 1 amide bonds. The number of hydrogen-bond acceptors (Lipinski definition) is 1. The van der Waals surface area contributed by atoms with Crippen LogP contribution in [0.2, 0.25) is 0 Å². The fraction of sp³-hybridized carbons (Fsp3) is 0.944. The summed E-state index contributed by atoms with van der Waals surface area (Å²) in [5.74, 6) is 1.10. The van der Waals surface area contributed by atoms with Crippen molar-refractivity contribution in [2.45, 2.75) is 97.9 Å². The van der Waals surface area contributed by atoms with E-state index < -0.39 is 0 Å². The van der Waals surface area contributed by atoms with E-state index in [1.54, 1.807) is 0 Å². The van der Waals surface area contributed by atoms with E-state index in [0.717, 1.165) is 18.8 Å². The van der Waals surface area contributed by atoms with Gasteiger partial charge in [0.25, 0.3) is 0 Å². The van der Waals surface area contributed by atoms with Crippen molar-refractivity contribution >= 4 is 5.91 Å². The third kappa shape index (κ3) is 6.76. The highest BCUT2D eigenvalue weighted by molar-refractivity contribution is 5.76. The summed E-state index contributed by atoms with van der Waals surface area (Å²) >= 11 is 0. The predicted molar refractivity (Wildman–Crippen MR) is 86.7 cm³/mol. The van der Waals surface area contributed by atoms with Crippen molar-refractivity contribution in [2.24, 2.45) is 11.3 Å². The molecule has 0 aromatic heterocycles. The fourth-order valence-electron chi connectivity index (χ4n) is 3.29. The molecule has 1 aliphatic carbocycles. The van der Waals surface area contributed by atoms with Crippen LogP contribution in [-0.4, -0.2) is 11.9 Å². The summed E-state index contributed by atoms with van der Waals surface area (Å²) in [5.41, 5.74) is 0.425. The van der Waals surface area contributed by atoms with Crippen molar-refractivity contribution < 1.29 is 4.79 Å². The second-order valence-corrected chi connectivity index (χ2v) is 7.65. The molecule has 0 aromatic carbocycles. The Labute approximate surface area is 126 Å². The standard InChI is InChI=1S/C18H35NO/c1-5-6-7-8-9-10-17(20)19-16-13-11-15(12-14-16)18(2,3)4/h15-16H,5-14H2,1-4H3,(H,19,20). The number of nitrogens with one attached hydrogen (secondary N) is 1. The Hall–Kier alpha value is -0.530. The van der Waals surface area contributed by atoms with Gasteiger partial charge in [0.15, 0.2) is 0 Å². The Morgan fingerprint density at radius 2 is 1.60 bits per heavy atom. The van der Waals surface area contributed by atoms with E-state index in [1.807, 2.05) is 0 Å². The molecule has 2 nitrogen and oxygen atoms in total. The quantitative estimate of drug-likeness (QED) is 0.649. The van der Waals surface area contributed by atoms with Gasteiger partial charge >= 0.3 is 0 Å². The maximum atomic E-state index is 11.9. The molecular weight excluding hydrogens is 246 g/mol. The van der Waals surface area contributed by atoms with Gasteiger partial charge in [-0.1, -0.05) is 53.4 Å². The largest absolute Gasteiger partial charge is 0.353 e. The molecule has 0 unspecified atom stereocenters. The SMILES string of the molecule is CCCCCCCC(=O)NC1CCC(C(C)(C)C)CC1. The molecule has 20 heavy (non-hydrogen) atoms. The van der Waals surface area contributed by atoms with Crippen LogP contribution in [0.4, 0.5) is 0 Å². The molecule has 0 bridgehead atoms. The average Bonchev–Trinajstić information content (AvgIpc) is 2.38. The Kier molecular flexibility index (Phi) is 7.61. The molecule has 1 N–H and O–H groups in total. The lowest BCUT2D eigenvalue weighted by atomic mass is 9.71. The molecule has 1 aliphatic rings. The molecule has 1 rings (SSSR count). The summed E-state index contributed by atoms with van der Waals surface area (Å²) in [6, 6.07) is 0.441. The minimum Gasteiger partial charge on any atom is -0.353 e. The molecule has 2 heteroatoms. The average molecular weight is 281 g/mol. The number of carbonyl (C=O) groups excluding carboxylic acids is 1. The molecule has 0 aliphatic heterocycles. The first-order valence-electron chi connectivity index (χ1n) is 8.73. The summed E-state index contributed by atoms with van der Waals surface area (Å²) in [7, 11) is 0. The fourth-order valence-corrected chi connectivity index (χ4v) is 3.29. The number of hydrogen-bond donors (Lipinski definition) is 1. The number of carbonyl (C=O) groups is 1. The van der Waals surface area contributed by atoms with Crippen LogP contribution in [0.25, 0.3) is 0 Å². The summed E-state index contributed by atoms with van der Waals surface area (Å²) in [6.45, 7) is 9.24. The highest BCUT2D eigenvalue weighted by Gasteiger charge is 2.29. The zero-order valence-electron chi connectivity index (χ0n) is 14.1. The first kappa shape index (κ1) is 17.5. The van der Waals surface area contributed by atoms with Gasteiger partial charge in [0.2, 0.25) is 5.91 Å². The van der Waals surface area contributed by atoms with Crippen LogP contribution in [0, 0.1) is 11.3 Å². The monoisotopic (exact) mass is 281 g/mol. The van der Waals surface area contributed by atoms with Crippen LogP contribution in [0.3, 0.4) is 0 Å². The van der Waals surface area contributed by atoms with Gasteiger partial charge in [-0.3, -0.25) is 4.79 Å². The highest BCUT2D eigenvalue weighted by atomic mass is 16.1. The van der Waals surface area contributed by atoms with Crippen molar-refractivity contribution in [3.8, 4) is 0 Å². The topological polar surface area (TPSA) is 29.1 Å². The van der Waals surface area contributed by atoms with Crippen molar-refractivity contribution in [3.63, 3.8) is 0 Å². The Morgan fingerprint density at radius 1 is 1.00 bits per heavy atom. The van der Waals surface area contributed by atoms with Gasteiger partial charge in [-0.2, -0.15) is 0 Å². The van der Waals surface area contributed by atoms with E-state index in [9.17, 15) is 4.79 Å². The van der Waals surface area contributed by atoms with Crippen molar-refractivity contribution in [1.82, 2.24) is 5.32 Å². The molecule has 0 radical (unpaired) electrons. The number of unbranched alkanes of at least 4 members (excludes halogenated alkanes) is 4. The third-order valence-electron chi connectivity index (χ3n) is 4.82. The Morgan fingerprint density at radius 3 is 2.15 bits per heavy atom. The molecule has 1 saturated carbocycles. The zero-order valence-corrected chi connectivity index (χ0v) is 14.1. The van der Waals surface area contributed by atoms with E-state index >= 15 is 0 Å². The molecule has 118 valence electrons. The molecule has 0 spiro atoms. The number of amides is 1. The van der Waals surface area contributed by atoms with Crippen molar-refractivity contribution in [3.05, 3.63) is 0 Å². The van der Waals surface area contributed by atoms with Crippen molar-refractivity contribution in [1.29, 1.82) is 0 Å². The first-order valence-corrected chi connectivity index (χ1v) is 8.73. The summed E-state index contributed by atoms with van der Waals surface area (Å²) < 4.78 is 0. The Balaban J connectivity index is 2.12. The van der Waals surface area contributed by atoms with E-state index in [-0.39, 0.29) is 5.91 Å². The van der Waals surface area contributed by atoms with Gasteiger partial charge in [-0.15, -0.1) is 0 Å². The van der Waals surface area contributed by atoms with Gasteiger partial charge in [-0.25, -0.2) is 0 Å².